The van der Waals surface area contributed by atoms with Gasteiger partial charge in [-0.05, 0) is 48.4 Å². The molecule has 5 heteroatoms. The molecule has 0 radical (unpaired) electrons. The van der Waals surface area contributed by atoms with Crippen LogP contribution in [0.3, 0.4) is 0 Å². The van der Waals surface area contributed by atoms with Crippen LogP contribution in [0.2, 0.25) is 0 Å². The van der Waals surface area contributed by atoms with Crippen LogP contribution in [0.4, 0.5) is 0 Å². The Balaban J connectivity index is 1.38. The van der Waals surface area contributed by atoms with Gasteiger partial charge in [0, 0.05) is 19.3 Å². The molecule has 0 aliphatic carbocycles. The van der Waals surface area contributed by atoms with E-state index in [1.165, 1.54) is 10.8 Å². The fourth-order valence-corrected chi connectivity index (χ4v) is 2.82. The number of benzene rings is 2. The van der Waals surface area contributed by atoms with Crippen LogP contribution in [-0.4, -0.2) is 31.1 Å². The number of aromatic nitrogens is 1. The molecule has 0 aliphatic rings. The van der Waals surface area contributed by atoms with Crippen molar-refractivity contribution < 1.29 is 4.74 Å². The molecule has 1 heterocycles. The molecule has 1 aromatic heterocycles. The van der Waals surface area contributed by atoms with Crippen molar-refractivity contribution in [2.45, 2.75) is 19.9 Å². The Labute approximate surface area is 160 Å². The summed E-state index contributed by atoms with van der Waals surface area (Å²) < 4.78 is 5.86. The zero-order chi connectivity index (χ0) is 18.9. The number of nitrogens with zero attached hydrogens (tertiary/aromatic N) is 2. The number of hydrogen-bond donors (Lipinski definition) is 2. The molecule has 0 unspecified atom stereocenters. The quantitative estimate of drug-likeness (QED) is 0.382. The zero-order valence-electron chi connectivity index (χ0n) is 15.9. The first-order valence-corrected chi connectivity index (χ1v) is 9.23. The lowest BCUT2D eigenvalue weighted by molar-refractivity contribution is 0.311. The van der Waals surface area contributed by atoms with Crippen molar-refractivity contribution in [1.82, 2.24) is 15.6 Å². The summed E-state index contributed by atoms with van der Waals surface area (Å²) in [5.41, 5.74) is 2.01. The summed E-state index contributed by atoms with van der Waals surface area (Å²) in [6, 6.07) is 20.5. The molecule has 0 bridgehead atoms. The number of aliphatic imine (C=N–C) groups is 1. The summed E-state index contributed by atoms with van der Waals surface area (Å²) in [6.07, 6.45) is 0.885. The molecule has 0 amide bonds. The Hall–Kier alpha value is -3.08. The normalized spacial score (nSPS) is 11.4. The van der Waals surface area contributed by atoms with Gasteiger partial charge in [-0.25, -0.2) is 0 Å². The molecular weight excluding hydrogens is 336 g/mol. The second-order valence-electron chi connectivity index (χ2n) is 6.33. The van der Waals surface area contributed by atoms with Crippen molar-refractivity contribution in [1.29, 1.82) is 0 Å². The van der Waals surface area contributed by atoms with E-state index in [2.05, 4.69) is 44.9 Å². The highest BCUT2D eigenvalue weighted by atomic mass is 16.5. The van der Waals surface area contributed by atoms with E-state index in [1.807, 2.05) is 43.3 Å². The highest BCUT2D eigenvalue weighted by Gasteiger charge is 2.00. The molecular formula is C22H26N4O. The highest BCUT2D eigenvalue weighted by Crippen LogP contribution is 2.20. The third kappa shape index (κ3) is 5.71. The van der Waals surface area contributed by atoms with Crippen LogP contribution in [0, 0.1) is 6.92 Å². The average molecular weight is 362 g/mol. The molecule has 0 fully saturated rings. The van der Waals surface area contributed by atoms with Crippen LogP contribution in [0.1, 0.15) is 17.8 Å². The molecule has 0 atom stereocenters. The Morgan fingerprint density at radius 2 is 1.85 bits per heavy atom. The topological polar surface area (TPSA) is 58.5 Å². The van der Waals surface area contributed by atoms with Crippen LogP contribution in [-0.2, 0) is 6.54 Å². The first kappa shape index (κ1) is 18.7. The van der Waals surface area contributed by atoms with Gasteiger partial charge in [-0.15, -0.1) is 0 Å². The van der Waals surface area contributed by atoms with Gasteiger partial charge in [0.2, 0.25) is 0 Å². The zero-order valence-corrected chi connectivity index (χ0v) is 15.9. The Morgan fingerprint density at radius 1 is 1.00 bits per heavy atom. The summed E-state index contributed by atoms with van der Waals surface area (Å²) in [7, 11) is 1.77. The van der Waals surface area contributed by atoms with Crippen molar-refractivity contribution in [3.63, 3.8) is 0 Å². The fourth-order valence-electron chi connectivity index (χ4n) is 2.82. The molecule has 0 spiro atoms. The second-order valence-corrected chi connectivity index (χ2v) is 6.33. The SMILES string of the molecule is CN=C(NCCCOc1ccc2ccccc2c1)NCc1cccc(C)n1. The van der Waals surface area contributed by atoms with Crippen LogP contribution < -0.4 is 15.4 Å². The molecule has 2 aromatic carbocycles. The van der Waals surface area contributed by atoms with Gasteiger partial charge in [0.05, 0.1) is 18.8 Å². The van der Waals surface area contributed by atoms with Crippen molar-refractivity contribution in [3.05, 3.63) is 72.1 Å². The number of pyridine rings is 1. The standard InChI is InChI=1S/C22H26N4O/c1-17-7-5-10-20(26-17)16-25-22(23-2)24-13-6-14-27-21-12-11-18-8-3-4-9-19(18)15-21/h3-5,7-12,15H,6,13-14,16H2,1-2H3,(H2,23,24,25). The van der Waals surface area contributed by atoms with E-state index in [0.717, 1.165) is 36.1 Å². The van der Waals surface area contributed by atoms with Crippen molar-refractivity contribution >= 4 is 16.7 Å². The molecule has 3 rings (SSSR count). The van der Waals surface area contributed by atoms with E-state index < -0.39 is 0 Å². The molecule has 140 valence electrons. The minimum atomic E-state index is 0.648. The van der Waals surface area contributed by atoms with Crippen LogP contribution >= 0.6 is 0 Å². The molecule has 0 saturated carbocycles. The second kappa shape index (κ2) is 9.57. The smallest absolute Gasteiger partial charge is 0.191 e. The number of hydrogen-bond acceptors (Lipinski definition) is 3. The molecule has 0 saturated heterocycles. The monoisotopic (exact) mass is 362 g/mol. The predicted octanol–water partition coefficient (Wildman–Crippen LogP) is 3.68. The number of guanidine groups is 1. The summed E-state index contributed by atoms with van der Waals surface area (Å²) in [6.45, 7) is 4.08. The molecule has 27 heavy (non-hydrogen) atoms. The lowest BCUT2D eigenvalue weighted by Gasteiger charge is -2.12. The van der Waals surface area contributed by atoms with E-state index in [1.54, 1.807) is 7.05 Å². The number of fused-ring (bicyclic) bond motifs is 1. The first-order valence-electron chi connectivity index (χ1n) is 9.23. The fraction of sp³-hybridized carbons (Fsp3) is 0.273. The third-order valence-corrected chi connectivity index (χ3v) is 4.21. The van der Waals surface area contributed by atoms with Crippen molar-refractivity contribution in [2.24, 2.45) is 4.99 Å². The molecule has 5 nitrogen and oxygen atoms in total. The van der Waals surface area contributed by atoms with E-state index in [9.17, 15) is 0 Å². The maximum atomic E-state index is 5.86. The summed E-state index contributed by atoms with van der Waals surface area (Å²) >= 11 is 0. The van der Waals surface area contributed by atoms with Gasteiger partial charge < -0.3 is 15.4 Å². The van der Waals surface area contributed by atoms with E-state index >= 15 is 0 Å². The largest absolute Gasteiger partial charge is 0.494 e. The minimum absolute atomic E-state index is 0.648. The maximum Gasteiger partial charge on any atom is 0.191 e. The predicted molar refractivity (Wildman–Crippen MR) is 111 cm³/mol. The lowest BCUT2D eigenvalue weighted by Crippen LogP contribution is -2.37. The van der Waals surface area contributed by atoms with Crippen LogP contribution in [0.15, 0.2) is 65.7 Å². The molecule has 3 aromatic rings. The van der Waals surface area contributed by atoms with E-state index in [0.29, 0.717) is 13.2 Å². The Morgan fingerprint density at radius 3 is 2.67 bits per heavy atom. The van der Waals surface area contributed by atoms with Crippen molar-refractivity contribution in [3.8, 4) is 5.75 Å². The maximum absolute atomic E-state index is 5.86. The van der Waals surface area contributed by atoms with Gasteiger partial charge >= 0.3 is 0 Å². The van der Waals surface area contributed by atoms with Crippen LogP contribution in [0.25, 0.3) is 10.8 Å². The summed E-state index contributed by atoms with van der Waals surface area (Å²) in [5.74, 6) is 1.67. The average Bonchev–Trinajstić information content (AvgIpc) is 2.70. The van der Waals surface area contributed by atoms with Gasteiger partial charge in [-0.3, -0.25) is 9.98 Å². The van der Waals surface area contributed by atoms with E-state index in [4.69, 9.17) is 4.74 Å². The molecule has 2 N–H and O–H groups in total. The number of rotatable bonds is 7. The third-order valence-electron chi connectivity index (χ3n) is 4.21. The highest BCUT2D eigenvalue weighted by molar-refractivity contribution is 5.83. The summed E-state index contributed by atoms with van der Waals surface area (Å²) in [4.78, 5) is 8.72. The van der Waals surface area contributed by atoms with Crippen molar-refractivity contribution in [2.75, 3.05) is 20.2 Å². The van der Waals surface area contributed by atoms with Gasteiger partial charge in [-0.1, -0.05) is 36.4 Å². The van der Waals surface area contributed by atoms with Gasteiger partial charge in [0.25, 0.3) is 0 Å². The molecule has 0 aliphatic heterocycles. The van der Waals surface area contributed by atoms with Crippen LogP contribution in [0.5, 0.6) is 5.75 Å². The Kier molecular flexibility index (Phi) is 6.63. The summed E-state index contributed by atoms with van der Waals surface area (Å²) in [5, 5.41) is 9.00. The lowest BCUT2D eigenvalue weighted by atomic mass is 10.1. The number of ether oxygens (including phenoxy) is 1. The minimum Gasteiger partial charge on any atom is -0.494 e. The van der Waals surface area contributed by atoms with Gasteiger partial charge in [0.1, 0.15) is 5.75 Å². The Bertz CT molecular complexity index is 907. The van der Waals surface area contributed by atoms with Gasteiger partial charge in [-0.2, -0.15) is 0 Å². The first-order chi connectivity index (χ1) is 13.2. The number of nitrogens with one attached hydrogen (secondary N) is 2. The van der Waals surface area contributed by atoms with E-state index in [-0.39, 0.29) is 0 Å². The number of aryl methyl sites for hydroxylation is 1. The van der Waals surface area contributed by atoms with Gasteiger partial charge in [0.15, 0.2) is 5.96 Å².